The Hall–Kier alpha value is -1.05. The molecule has 0 aromatic carbocycles. The fourth-order valence-electron chi connectivity index (χ4n) is 0.968. The van der Waals surface area contributed by atoms with Gasteiger partial charge in [-0.15, -0.1) is 0 Å². The van der Waals surface area contributed by atoms with E-state index in [1.807, 2.05) is 0 Å². The largest absolute Gasteiger partial charge is 0.435 e. The van der Waals surface area contributed by atoms with Gasteiger partial charge in [-0.3, -0.25) is 4.79 Å². The lowest BCUT2D eigenvalue weighted by Crippen LogP contribution is -1.98. The first-order valence-electron chi connectivity index (χ1n) is 4.76. The number of carbonyl (C=O) groups excluding carboxylic acids is 1. The van der Waals surface area contributed by atoms with E-state index < -0.39 is 0 Å². The zero-order valence-electron chi connectivity index (χ0n) is 8.29. The fourth-order valence-corrected chi connectivity index (χ4v) is 0.968. The van der Waals surface area contributed by atoms with Gasteiger partial charge in [0.2, 0.25) is 0 Å². The molecule has 0 aliphatic heterocycles. The molecule has 0 atom stereocenters. The van der Waals surface area contributed by atoms with Gasteiger partial charge in [0.25, 0.3) is 0 Å². The minimum Gasteiger partial charge on any atom is -0.435 e. The average molecular weight is 182 g/mol. The summed E-state index contributed by atoms with van der Waals surface area (Å²) in [5.74, 6) is -0.186. The second kappa shape index (κ2) is 9.04. The minimum absolute atomic E-state index is 0.186. The number of carbonyl (C=O) groups is 1. The molecule has 0 fully saturated rings. The zero-order valence-corrected chi connectivity index (χ0v) is 8.29. The fraction of sp³-hybridized carbons (Fsp3) is 0.545. The molecule has 0 N–H and O–H groups in total. The zero-order chi connectivity index (χ0) is 9.94. The lowest BCUT2D eigenvalue weighted by atomic mass is 10.2. The number of unbranched alkanes of at least 4 members (excludes halogenated alkanes) is 2. The Bertz CT molecular complexity index is 171. The number of rotatable bonds is 7. The topological polar surface area (TPSA) is 26.3 Å². The van der Waals surface area contributed by atoms with E-state index in [2.05, 4.69) is 30.4 Å². The van der Waals surface area contributed by atoms with Crippen LogP contribution in [0.5, 0.6) is 0 Å². The lowest BCUT2D eigenvalue weighted by molar-refractivity contribution is -0.138. The summed E-state index contributed by atoms with van der Waals surface area (Å²) in [5.41, 5.74) is 0. The van der Waals surface area contributed by atoms with Gasteiger partial charge in [-0.25, -0.2) is 0 Å². The predicted molar refractivity (Wildman–Crippen MR) is 54.2 cm³/mol. The third-order valence-corrected chi connectivity index (χ3v) is 1.62. The SMILES string of the molecule is C=COC(=O)CCCC/C=C/CC. The van der Waals surface area contributed by atoms with Crippen molar-refractivity contribution in [2.24, 2.45) is 0 Å². The van der Waals surface area contributed by atoms with E-state index in [0.717, 1.165) is 25.7 Å². The maximum Gasteiger partial charge on any atom is 0.310 e. The Morgan fingerprint density at radius 3 is 2.77 bits per heavy atom. The molecule has 0 saturated heterocycles. The van der Waals surface area contributed by atoms with Gasteiger partial charge in [-0.1, -0.05) is 25.7 Å². The quantitative estimate of drug-likeness (QED) is 0.261. The highest BCUT2D eigenvalue weighted by Gasteiger charge is 1.98. The van der Waals surface area contributed by atoms with E-state index in [4.69, 9.17) is 0 Å². The summed E-state index contributed by atoms with van der Waals surface area (Å²) in [5, 5.41) is 0. The molecule has 0 spiro atoms. The number of esters is 1. The molecule has 13 heavy (non-hydrogen) atoms. The first-order chi connectivity index (χ1) is 6.31. The van der Waals surface area contributed by atoms with Gasteiger partial charge in [0, 0.05) is 6.42 Å². The molecule has 0 aromatic rings. The van der Waals surface area contributed by atoms with E-state index in [-0.39, 0.29) is 5.97 Å². The van der Waals surface area contributed by atoms with Gasteiger partial charge in [0.05, 0.1) is 6.26 Å². The molecule has 0 heterocycles. The molecular formula is C11H18O2. The highest BCUT2D eigenvalue weighted by molar-refractivity contribution is 5.69. The van der Waals surface area contributed by atoms with Gasteiger partial charge in [0.15, 0.2) is 0 Å². The summed E-state index contributed by atoms with van der Waals surface area (Å²) in [6.07, 6.45) is 10.0. The van der Waals surface area contributed by atoms with Crippen molar-refractivity contribution in [1.82, 2.24) is 0 Å². The van der Waals surface area contributed by atoms with Gasteiger partial charge in [-0.05, 0) is 25.7 Å². The summed E-state index contributed by atoms with van der Waals surface area (Å²) in [6.45, 7) is 5.42. The molecule has 0 aliphatic carbocycles. The summed E-state index contributed by atoms with van der Waals surface area (Å²) >= 11 is 0. The van der Waals surface area contributed by atoms with Crippen molar-refractivity contribution in [3.63, 3.8) is 0 Å². The maximum atomic E-state index is 10.8. The van der Waals surface area contributed by atoms with Crippen LogP contribution in [-0.2, 0) is 9.53 Å². The number of hydrogen-bond acceptors (Lipinski definition) is 2. The number of allylic oxidation sites excluding steroid dienone is 2. The van der Waals surface area contributed by atoms with Gasteiger partial charge in [0.1, 0.15) is 0 Å². The number of hydrogen-bond donors (Lipinski definition) is 0. The van der Waals surface area contributed by atoms with Crippen molar-refractivity contribution in [1.29, 1.82) is 0 Å². The molecule has 0 saturated carbocycles. The van der Waals surface area contributed by atoms with E-state index in [9.17, 15) is 4.79 Å². The Morgan fingerprint density at radius 1 is 1.38 bits per heavy atom. The molecule has 0 unspecified atom stereocenters. The van der Waals surface area contributed by atoms with Gasteiger partial charge >= 0.3 is 5.97 Å². The summed E-state index contributed by atoms with van der Waals surface area (Å²) in [4.78, 5) is 10.8. The van der Waals surface area contributed by atoms with Crippen LogP contribution >= 0.6 is 0 Å². The van der Waals surface area contributed by atoms with Crippen molar-refractivity contribution in [2.45, 2.75) is 39.0 Å². The Kier molecular flexibility index (Phi) is 8.31. The van der Waals surface area contributed by atoms with E-state index in [1.54, 1.807) is 0 Å². The van der Waals surface area contributed by atoms with Crippen LogP contribution in [0.2, 0.25) is 0 Å². The van der Waals surface area contributed by atoms with Crippen LogP contribution in [0.4, 0.5) is 0 Å². The van der Waals surface area contributed by atoms with Crippen LogP contribution in [0.3, 0.4) is 0 Å². The molecular weight excluding hydrogens is 164 g/mol. The highest BCUT2D eigenvalue weighted by atomic mass is 16.5. The van der Waals surface area contributed by atoms with Crippen molar-refractivity contribution >= 4 is 5.97 Å². The van der Waals surface area contributed by atoms with Crippen molar-refractivity contribution < 1.29 is 9.53 Å². The Morgan fingerprint density at radius 2 is 2.15 bits per heavy atom. The normalized spacial score (nSPS) is 10.2. The second-order valence-electron chi connectivity index (χ2n) is 2.78. The molecule has 0 amide bonds. The molecule has 0 bridgehead atoms. The van der Waals surface area contributed by atoms with Crippen LogP contribution in [0.15, 0.2) is 25.0 Å². The summed E-state index contributed by atoms with van der Waals surface area (Å²) in [7, 11) is 0. The molecule has 2 heteroatoms. The molecule has 74 valence electrons. The van der Waals surface area contributed by atoms with Crippen molar-refractivity contribution in [3.05, 3.63) is 25.0 Å². The van der Waals surface area contributed by atoms with Crippen LogP contribution in [-0.4, -0.2) is 5.97 Å². The van der Waals surface area contributed by atoms with Gasteiger partial charge in [-0.2, -0.15) is 0 Å². The average Bonchev–Trinajstić information content (AvgIpc) is 2.11. The minimum atomic E-state index is -0.186. The summed E-state index contributed by atoms with van der Waals surface area (Å²) < 4.78 is 4.58. The summed E-state index contributed by atoms with van der Waals surface area (Å²) in [6, 6.07) is 0. The first kappa shape index (κ1) is 11.9. The molecule has 2 nitrogen and oxygen atoms in total. The van der Waals surface area contributed by atoms with Crippen molar-refractivity contribution in [2.75, 3.05) is 0 Å². The maximum absolute atomic E-state index is 10.8. The van der Waals surface area contributed by atoms with Crippen LogP contribution < -0.4 is 0 Å². The monoisotopic (exact) mass is 182 g/mol. The lowest BCUT2D eigenvalue weighted by Gasteiger charge is -1.97. The van der Waals surface area contributed by atoms with Crippen LogP contribution in [0.25, 0.3) is 0 Å². The molecule has 0 radical (unpaired) electrons. The van der Waals surface area contributed by atoms with Crippen LogP contribution in [0, 0.1) is 0 Å². The third kappa shape index (κ3) is 8.86. The highest BCUT2D eigenvalue weighted by Crippen LogP contribution is 2.02. The Balaban J connectivity index is 3.20. The third-order valence-electron chi connectivity index (χ3n) is 1.62. The number of ether oxygens (including phenoxy) is 1. The second-order valence-corrected chi connectivity index (χ2v) is 2.78. The van der Waals surface area contributed by atoms with Gasteiger partial charge < -0.3 is 4.74 Å². The predicted octanol–water partition coefficient (Wildman–Crippen LogP) is 3.20. The van der Waals surface area contributed by atoms with Crippen LogP contribution in [0.1, 0.15) is 39.0 Å². The van der Waals surface area contributed by atoms with Crippen molar-refractivity contribution in [3.8, 4) is 0 Å². The standard InChI is InChI=1S/C11H18O2/c1-3-5-6-7-8-9-10-11(12)13-4-2/h4-6H,2-3,7-10H2,1H3/b6-5+. The molecule has 0 aliphatic rings. The smallest absolute Gasteiger partial charge is 0.310 e. The molecule has 0 aromatic heterocycles. The van der Waals surface area contributed by atoms with E-state index in [0.29, 0.717) is 6.42 Å². The van der Waals surface area contributed by atoms with E-state index in [1.165, 1.54) is 6.26 Å². The molecule has 0 rings (SSSR count). The Labute approximate surface area is 80.3 Å². The van der Waals surface area contributed by atoms with E-state index >= 15 is 0 Å². The first-order valence-corrected chi connectivity index (χ1v) is 4.76.